The number of halogens is 1. The molecule has 0 bridgehead atoms. The summed E-state index contributed by atoms with van der Waals surface area (Å²) in [4.78, 5) is 13.3. The second kappa shape index (κ2) is 9.85. The highest BCUT2D eigenvalue weighted by Crippen LogP contribution is 2.27. The first-order chi connectivity index (χ1) is 15.8. The smallest absolute Gasteiger partial charge is 0.243 e. The standard InChI is InChI=1S/C26H27FN2O3S/c1-19-7-5-10-21(17-19)25(20-8-3-2-4-9-20)28-26(30)22-11-6-16-29(18-22)33(31,32)24-14-12-23(27)13-15-24/h2-5,7-10,12-15,17,22,25H,6,11,16,18H2,1H3,(H,28,30). The fourth-order valence-electron chi connectivity index (χ4n) is 4.24. The molecule has 1 saturated heterocycles. The van der Waals surface area contributed by atoms with Crippen molar-refractivity contribution < 1.29 is 17.6 Å². The minimum Gasteiger partial charge on any atom is -0.345 e. The largest absolute Gasteiger partial charge is 0.345 e. The van der Waals surface area contributed by atoms with E-state index in [2.05, 4.69) is 5.32 Å². The second-order valence-electron chi connectivity index (χ2n) is 8.42. The molecular weight excluding hydrogens is 439 g/mol. The molecule has 0 spiro atoms. The van der Waals surface area contributed by atoms with Crippen molar-refractivity contribution in [1.29, 1.82) is 0 Å². The lowest BCUT2D eigenvalue weighted by molar-refractivity contribution is -0.126. The molecule has 5 nitrogen and oxygen atoms in total. The Morgan fingerprint density at radius 1 is 1.00 bits per heavy atom. The summed E-state index contributed by atoms with van der Waals surface area (Å²) in [6.45, 7) is 2.44. The fraction of sp³-hybridized carbons (Fsp3) is 0.269. The van der Waals surface area contributed by atoms with E-state index in [0.717, 1.165) is 28.8 Å². The molecule has 1 N–H and O–H groups in total. The molecule has 1 aliphatic rings. The van der Waals surface area contributed by atoms with E-state index in [0.29, 0.717) is 19.4 Å². The number of hydrogen-bond donors (Lipinski definition) is 1. The number of nitrogens with one attached hydrogen (secondary N) is 1. The number of carbonyl (C=O) groups excluding carboxylic acids is 1. The van der Waals surface area contributed by atoms with E-state index in [1.165, 1.54) is 16.4 Å². The molecule has 0 saturated carbocycles. The quantitative estimate of drug-likeness (QED) is 0.584. The summed E-state index contributed by atoms with van der Waals surface area (Å²) in [5.74, 6) is -1.14. The number of rotatable bonds is 6. The first kappa shape index (κ1) is 23.1. The maximum Gasteiger partial charge on any atom is 0.243 e. The third-order valence-electron chi connectivity index (χ3n) is 6.00. The molecule has 1 heterocycles. The van der Waals surface area contributed by atoms with E-state index in [4.69, 9.17) is 0 Å². The average molecular weight is 467 g/mol. The molecular formula is C26H27FN2O3S. The van der Waals surface area contributed by atoms with Gasteiger partial charge in [0.15, 0.2) is 0 Å². The highest BCUT2D eigenvalue weighted by molar-refractivity contribution is 7.89. The lowest BCUT2D eigenvalue weighted by atomic mass is 9.94. The summed E-state index contributed by atoms with van der Waals surface area (Å²) in [7, 11) is -3.80. The van der Waals surface area contributed by atoms with E-state index >= 15 is 0 Å². The van der Waals surface area contributed by atoms with Crippen molar-refractivity contribution in [2.24, 2.45) is 5.92 Å². The van der Waals surface area contributed by atoms with Gasteiger partial charge < -0.3 is 5.32 Å². The lowest BCUT2D eigenvalue weighted by Crippen LogP contribution is -2.46. The van der Waals surface area contributed by atoms with E-state index in [-0.39, 0.29) is 23.4 Å². The van der Waals surface area contributed by atoms with Crippen molar-refractivity contribution in [2.45, 2.75) is 30.7 Å². The topological polar surface area (TPSA) is 66.5 Å². The molecule has 2 atom stereocenters. The molecule has 7 heteroatoms. The van der Waals surface area contributed by atoms with E-state index < -0.39 is 21.8 Å². The Kier molecular flexibility index (Phi) is 6.91. The van der Waals surface area contributed by atoms with Gasteiger partial charge in [-0.3, -0.25) is 4.79 Å². The van der Waals surface area contributed by atoms with Crippen LogP contribution in [0.2, 0.25) is 0 Å². The predicted octanol–water partition coefficient (Wildman–Crippen LogP) is 4.44. The van der Waals surface area contributed by atoms with Crippen LogP contribution in [-0.4, -0.2) is 31.7 Å². The summed E-state index contributed by atoms with van der Waals surface area (Å²) in [6, 6.07) is 22.2. The molecule has 0 aromatic heterocycles. The zero-order chi connectivity index (χ0) is 23.4. The number of benzene rings is 3. The molecule has 0 aliphatic carbocycles. The molecule has 1 fully saturated rings. The molecule has 3 aromatic rings. The number of piperidine rings is 1. The molecule has 1 aliphatic heterocycles. The van der Waals surface area contributed by atoms with Crippen LogP contribution >= 0.6 is 0 Å². The van der Waals surface area contributed by atoms with Gasteiger partial charge in [-0.1, -0.05) is 60.2 Å². The van der Waals surface area contributed by atoms with Crippen molar-refractivity contribution >= 4 is 15.9 Å². The lowest BCUT2D eigenvalue weighted by Gasteiger charge is -2.32. The normalized spacial score (nSPS) is 17.9. The number of sulfonamides is 1. The average Bonchev–Trinajstić information content (AvgIpc) is 2.83. The zero-order valence-electron chi connectivity index (χ0n) is 18.4. The van der Waals surface area contributed by atoms with Crippen molar-refractivity contribution in [1.82, 2.24) is 9.62 Å². The number of nitrogens with zero attached hydrogens (tertiary/aromatic N) is 1. The van der Waals surface area contributed by atoms with E-state index in [1.807, 2.05) is 61.5 Å². The van der Waals surface area contributed by atoms with Crippen molar-refractivity contribution in [3.63, 3.8) is 0 Å². The van der Waals surface area contributed by atoms with Gasteiger partial charge in [-0.15, -0.1) is 0 Å². The highest BCUT2D eigenvalue weighted by Gasteiger charge is 2.34. The third kappa shape index (κ3) is 5.31. The Balaban J connectivity index is 1.54. The number of aryl methyl sites for hydroxylation is 1. The highest BCUT2D eigenvalue weighted by atomic mass is 32.2. The SMILES string of the molecule is Cc1cccc(C(NC(=O)C2CCCN(S(=O)(=O)c3ccc(F)cc3)C2)c2ccccc2)c1. The van der Waals surface area contributed by atoms with Crippen molar-refractivity contribution in [2.75, 3.05) is 13.1 Å². The number of amides is 1. The van der Waals surface area contributed by atoms with Crippen LogP contribution in [0.5, 0.6) is 0 Å². The molecule has 0 radical (unpaired) electrons. The summed E-state index contributed by atoms with van der Waals surface area (Å²) in [5.41, 5.74) is 3.03. The van der Waals surface area contributed by atoms with Crippen molar-refractivity contribution in [3.8, 4) is 0 Å². The Morgan fingerprint density at radius 3 is 2.39 bits per heavy atom. The third-order valence-corrected chi connectivity index (χ3v) is 7.88. The molecule has 2 unspecified atom stereocenters. The van der Waals surface area contributed by atoms with Crippen molar-refractivity contribution in [3.05, 3.63) is 101 Å². The zero-order valence-corrected chi connectivity index (χ0v) is 19.3. The Labute approximate surface area is 194 Å². The number of hydrogen-bond acceptors (Lipinski definition) is 3. The number of carbonyl (C=O) groups is 1. The van der Waals surface area contributed by atoms with E-state index in [1.54, 1.807) is 0 Å². The van der Waals surface area contributed by atoms with Crippen LogP contribution in [-0.2, 0) is 14.8 Å². The summed E-state index contributed by atoms with van der Waals surface area (Å²) in [6.07, 6.45) is 1.19. The first-order valence-electron chi connectivity index (χ1n) is 11.0. The van der Waals surface area contributed by atoms with Gasteiger partial charge in [-0.05, 0) is 55.2 Å². The van der Waals surface area contributed by atoms with Gasteiger partial charge in [0.05, 0.1) is 16.9 Å². The van der Waals surface area contributed by atoms with Gasteiger partial charge in [0.1, 0.15) is 5.82 Å². The van der Waals surface area contributed by atoms with Gasteiger partial charge in [-0.25, -0.2) is 12.8 Å². The van der Waals surface area contributed by atoms with E-state index in [9.17, 15) is 17.6 Å². The molecule has 3 aromatic carbocycles. The summed E-state index contributed by atoms with van der Waals surface area (Å²) < 4.78 is 40.7. The summed E-state index contributed by atoms with van der Waals surface area (Å²) in [5, 5.41) is 3.16. The minimum atomic E-state index is -3.80. The minimum absolute atomic E-state index is 0.0341. The maximum atomic E-state index is 13.3. The predicted molar refractivity (Wildman–Crippen MR) is 125 cm³/mol. The van der Waals surface area contributed by atoms with Crippen LogP contribution in [0.1, 0.15) is 35.6 Å². The van der Waals surface area contributed by atoms with Crippen LogP contribution in [0, 0.1) is 18.7 Å². The molecule has 172 valence electrons. The van der Waals surface area contributed by atoms with Gasteiger partial charge in [-0.2, -0.15) is 4.31 Å². The Morgan fingerprint density at radius 2 is 1.70 bits per heavy atom. The van der Waals surface area contributed by atoms with Gasteiger partial charge in [0.2, 0.25) is 15.9 Å². The maximum absolute atomic E-state index is 13.3. The fourth-order valence-corrected chi connectivity index (χ4v) is 5.77. The van der Waals surface area contributed by atoms with Gasteiger partial charge in [0, 0.05) is 13.1 Å². The first-order valence-corrected chi connectivity index (χ1v) is 12.5. The monoisotopic (exact) mass is 466 g/mol. The van der Waals surface area contributed by atoms with Crippen LogP contribution in [0.3, 0.4) is 0 Å². The molecule has 33 heavy (non-hydrogen) atoms. The van der Waals surface area contributed by atoms with Crippen LogP contribution in [0.15, 0.2) is 83.8 Å². The summed E-state index contributed by atoms with van der Waals surface area (Å²) >= 11 is 0. The van der Waals surface area contributed by atoms with Crippen LogP contribution in [0.25, 0.3) is 0 Å². The van der Waals surface area contributed by atoms with Gasteiger partial charge in [0.25, 0.3) is 0 Å². The Bertz CT molecular complexity index is 1210. The van der Waals surface area contributed by atoms with Crippen LogP contribution < -0.4 is 5.32 Å². The second-order valence-corrected chi connectivity index (χ2v) is 10.4. The van der Waals surface area contributed by atoms with Crippen LogP contribution in [0.4, 0.5) is 4.39 Å². The molecule has 4 rings (SSSR count). The van der Waals surface area contributed by atoms with Gasteiger partial charge >= 0.3 is 0 Å². The Hall–Kier alpha value is -3.03. The molecule has 1 amide bonds.